The number of para-hydroxylation sites is 1. The lowest BCUT2D eigenvalue weighted by atomic mass is 10.2. The molecule has 144 valence electrons. The molecule has 0 aliphatic carbocycles. The van der Waals surface area contributed by atoms with Gasteiger partial charge in [-0.2, -0.15) is 0 Å². The van der Waals surface area contributed by atoms with E-state index >= 15 is 0 Å². The largest absolute Gasteiger partial charge is 0.366 e. The Kier molecular flexibility index (Phi) is 4.88. The fourth-order valence-electron chi connectivity index (χ4n) is 3.10. The number of halogens is 1. The van der Waals surface area contributed by atoms with Crippen LogP contribution in [0.1, 0.15) is 16.2 Å². The van der Waals surface area contributed by atoms with Crippen LogP contribution in [0.25, 0.3) is 0 Å². The van der Waals surface area contributed by atoms with E-state index in [1.54, 1.807) is 36.1 Å². The molecule has 3 heterocycles. The molecule has 0 saturated carbocycles. The number of carbonyl (C=O) groups is 1. The Hall–Kier alpha value is -3.49. The third-order valence-corrected chi connectivity index (χ3v) is 4.50. The molecule has 9 heteroatoms. The number of benzene rings is 1. The number of hydrogen-bond donors (Lipinski definition) is 1. The average molecular weight is 382 g/mol. The Labute approximate surface area is 161 Å². The summed E-state index contributed by atoms with van der Waals surface area (Å²) < 4.78 is 19.0. The van der Waals surface area contributed by atoms with E-state index in [4.69, 9.17) is 4.52 Å². The zero-order valence-electron chi connectivity index (χ0n) is 15.3. The minimum atomic E-state index is -0.253. The molecule has 28 heavy (non-hydrogen) atoms. The van der Waals surface area contributed by atoms with Crippen molar-refractivity contribution in [1.29, 1.82) is 0 Å². The molecule has 1 aliphatic rings. The van der Waals surface area contributed by atoms with Crippen molar-refractivity contribution in [2.45, 2.75) is 6.92 Å². The van der Waals surface area contributed by atoms with Crippen LogP contribution in [0.3, 0.4) is 0 Å². The van der Waals surface area contributed by atoms with Crippen molar-refractivity contribution in [3.8, 4) is 0 Å². The summed E-state index contributed by atoms with van der Waals surface area (Å²) in [5.41, 5.74) is 0.850. The average Bonchev–Trinajstić information content (AvgIpc) is 3.13. The normalized spacial score (nSPS) is 14.2. The highest BCUT2D eigenvalue weighted by molar-refractivity contribution is 5.92. The second-order valence-corrected chi connectivity index (χ2v) is 6.44. The summed E-state index contributed by atoms with van der Waals surface area (Å²) in [4.78, 5) is 24.8. The molecule has 1 N–H and O–H groups in total. The maximum absolute atomic E-state index is 14.0. The quantitative estimate of drug-likeness (QED) is 0.742. The van der Waals surface area contributed by atoms with E-state index in [1.165, 1.54) is 12.3 Å². The maximum Gasteiger partial charge on any atom is 0.272 e. The highest BCUT2D eigenvalue weighted by Crippen LogP contribution is 2.21. The Morgan fingerprint density at radius 2 is 1.96 bits per heavy atom. The molecular weight excluding hydrogens is 363 g/mol. The SMILES string of the molecule is Cc1cc(Nc2nccc(C(=O)N3CCN(c4ccccc4F)CC3)n2)no1. The predicted molar refractivity (Wildman–Crippen MR) is 101 cm³/mol. The first-order chi connectivity index (χ1) is 13.6. The first-order valence-electron chi connectivity index (χ1n) is 8.92. The summed E-state index contributed by atoms with van der Waals surface area (Å²) >= 11 is 0. The molecule has 1 fully saturated rings. The standard InChI is InChI=1S/C19H19FN6O2/c1-13-12-17(24-28-13)23-19-21-7-6-15(22-19)18(27)26-10-8-25(9-11-26)16-5-3-2-4-14(16)20/h2-7,12H,8-11H2,1H3,(H,21,22,23,24). The number of hydrogen-bond acceptors (Lipinski definition) is 7. The van der Waals surface area contributed by atoms with Crippen LogP contribution >= 0.6 is 0 Å². The van der Waals surface area contributed by atoms with Gasteiger partial charge in [-0.05, 0) is 25.1 Å². The monoisotopic (exact) mass is 382 g/mol. The molecule has 0 bridgehead atoms. The van der Waals surface area contributed by atoms with Crippen LogP contribution in [-0.2, 0) is 0 Å². The van der Waals surface area contributed by atoms with Crippen molar-refractivity contribution >= 4 is 23.4 Å². The summed E-state index contributed by atoms with van der Waals surface area (Å²) in [6.45, 7) is 3.87. The second-order valence-electron chi connectivity index (χ2n) is 6.44. The topological polar surface area (TPSA) is 87.4 Å². The Morgan fingerprint density at radius 3 is 2.68 bits per heavy atom. The summed E-state index contributed by atoms with van der Waals surface area (Å²) in [6, 6.07) is 9.95. The van der Waals surface area contributed by atoms with Gasteiger partial charge in [-0.3, -0.25) is 4.79 Å². The molecule has 8 nitrogen and oxygen atoms in total. The van der Waals surface area contributed by atoms with Crippen LogP contribution in [0.2, 0.25) is 0 Å². The highest BCUT2D eigenvalue weighted by Gasteiger charge is 2.24. The number of amides is 1. The molecule has 0 atom stereocenters. The van der Waals surface area contributed by atoms with Crippen molar-refractivity contribution in [1.82, 2.24) is 20.0 Å². The van der Waals surface area contributed by atoms with E-state index in [0.717, 1.165) is 0 Å². The van der Waals surface area contributed by atoms with E-state index in [9.17, 15) is 9.18 Å². The van der Waals surface area contributed by atoms with Gasteiger partial charge in [-0.15, -0.1) is 0 Å². The zero-order valence-corrected chi connectivity index (χ0v) is 15.3. The van der Waals surface area contributed by atoms with E-state index in [2.05, 4.69) is 20.4 Å². The number of carbonyl (C=O) groups excluding carboxylic acids is 1. The molecule has 1 aromatic carbocycles. The smallest absolute Gasteiger partial charge is 0.272 e. The molecule has 1 saturated heterocycles. The molecular formula is C19H19FN6O2. The van der Waals surface area contributed by atoms with Gasteiger partial charge < -0.3 is 19.6 Å². The van der Waals surface area contributed by atoms with Crippen LogP contribution in [0, 0.1) is 12.7 Å². The van der Waals surface area contributed by atoms with Crippen molar-refractivity contribution in [2.24, 2.45) is 0 Å². The molecule has 2 aromatic heterocycles. The first-order valence-corrected chi connectivity index (χ1v) is 8.92. The number of anilines is 3. The Balaban J connectivity index is 1.41. The predicted octanol–water partition coefficient (Wildman–Crippen LogP) is 2.62. The third-order valence-electron chi connectivity index (χ3n) is 4.50. The van der Waals surface area contributed by atoms with Gasteiger partial charge in [0.05, 0.1) is 5.69 Å². The third kappa shape index (κ3) is 3.78. The fraction of sp³-hybridized carbons (Fsp3) is 0.263. The van der Waals surface area contributed by atoms with E-state index in [0.29, 0.717) is 43.4 Å². The van der Waals surface area contributed by atoms with E-state index < -0.39 is 0 Å². The van der Waals surface area contributed by atoms with E-state index in [1.807, 2.05) is 11.0 Å². The number of rotatable bonds is 4. The molecule has 3 aromatic rings. The van der Waals surface area contributed by atoms with Crippen LogP contribution in [0.5, 0.6) is 0 Å². The van der Waals surface area contributed by atoms with Gasteiger partial charge >= 0.3 is 0 Å². The van der Waals surface area contributed by atoms with Gasteiger partial charge in [0.25, 0.3) is 5.91 Å². The number of aromatic nitrogens is 3. The summed E-state index contributed by atoms with van der Waals surface area (Å²) in [5, 5.41) is 6.73. The van der Waals surface area contributed by atoms with Gasteiger partial charge in [0.15, 0.2) is 5.82 Å². The molecule has 1 amide bonds. The highest BCUT2D eigenvalue weighted by atomic mass is 19.1. The van der Waals surface area contributed by atoms with Gasteiger partial charge in [-0.25, -0.2) is 14.4 Å². The zero-order chi connectivity index (χ0) is 19.5. The minimum absolute atomic E-state index is 0.185. The summed E-state index contributed by atoms with van der Waals surface area (Å²) in [6.07, 6.45) is 1.52. The van der Waals surface area contributed by atoms with Gasteiger partial charge in [-0.1, -0.05) is 17.3 Å². The Bertz CT molecular complexity index is 984. The molecule has 0 unspecified atom stereocenters. The molecule has 1 aliphatic heterocycles. The number of nitrogens with one attached hydrogen (secondary N) is 1. The summed E-state index contributed by atoms with van der Waals surface area (Å²) in [7, 11) is 0. The van der Waals surface area contributed by atoms with Crippen molar-refractivity contribution in [2.75, 3.05) is 36.4 Å². The summed E-state index contributed by atoms with van der Waals surface area (Å²) in [5.74, 6) is 0.957. The first kappa shape index (κ1) is 17.9. The lowest BCUT2D eigenvalue weighted by Gasteiger charge is -2.36. The van der Waals surface area contributed by atoms with Crippen LogP contribution in [-0.4, -0.2) is 52.1 Å². The lowest BCUT2D eigenvalue weighted by molar-refractivity contribution is 0.0740. The van der Waals surface area contributed by atoms with Crippen molar-refractivity contribution < 1.29 is 13.7 Å². The van der Waals surface area contributed by atoms with Crippen LogP contribution in [0.4, 0.5) is 21.8 Å². The maximum atomic E-state index is 14.0. The van der Waals surface area contributed by atoms with Crippen LogP contribution < -0.4 is 10.2 Å². The number of nitrogens with zero attached hydrogens (tertiary/aromatic N) is 5. The van der Waals surface area contributed by atoms with Crippen molar-refractivity contribution in [3.05, 3.63) is 59.9 Å². The fourth-order valence-corrected chi connectivity index (χ4v) is 3.10. The van der Waals surface area contributed by atoms with Gasteiger partial charge in [0.2, 0.25) is 5.95 Å². The minimum Gasteiger partial charge on any atom is -0.366 e. The van der Waals surface area contributed by atoms with E-state index in [-0.39, 0.29) is 23.4 Å². The second kappa shape index (κ2) is 7.63. The molecule has 0 radical (unpaired) electrons. The van der Waals surface area contributed by atoms with Gasteiger partial charge in [0, 0.05) is 38.4 Å². The number of piperazine rings is 1. The number of aryl methyl sites for hydroxylation is 1. The molecule has 0 spiro atoms. The van der Waals surface area contributed by atoms with Crippen LogP contribution in [0.15, 0.2) is 47.1 Å². The Morgan fingerprint density at radius 1 is 1.18 bits per heavy atom. The van der Waals surface area contributed by atoms with Gasteiger partial charge in [0.1, 0.15) is 17.3 Å². The lowest BCUT2D eigenvalue weighted by Crippen LogP contribution is -2.49. The van der Waals surface area contributed by atoms with Crippen molar-refractivity contribution in [3.63, 3.8) is 0 Å². The molecule has 4 rings (SSSR count).